The first-order chi connectivity index (χ1) is 12.7. The lowest BCUT2D eigenvalue weighted by Gasteiger charge is -2.14. The van der Waals surface area contributed by atoms with Crippen LogP contribution in [0.1, 0.15) is 23.2 Å². The van der Waals surface area contributed by atoms with E-state index >= 15 is 0 Å². The van der Waals surface area contributed by atoms with E-state index in [0.29, 0.717) is 10.6 Å². The fourth-order valence-electron chi connectivity index (χ4n) is 1.88. The van der Waals surface area contributed by atoms with Gasteiger partial charge >= 0.3 is 12.1 Å². The Labute approximate surface area is 157 Å². The van der Waals surface area contributed by atoms with Crippen molar-refractivity contribution >= 4 is 17.5 Å². The van der Waals surface area contributed by atoms with Gasteiger partial charge in [-0.25, -0.2) is 0 Å². The maximum Gasteiger partial charge on any atom is 0.471 e. The average molecular weight is 405 g/mol. The second-order valence-electron chi connectivity index (χ2n) is 5.53. The summed E-state index contributed by atoms with van der Waals surface area (Å²) in [7, 11) is 0. The number of carbonyl (C=O) groups excluding carboxylic acids is 1. The zero-order valence-electron chi connectivity index (χ0n) is 14.1. The number of hydrogen-bond acceptors (Lipinski definition) is 6. The van der Waals surface area contributed by atoms with Gasteiger partial charge in [0, 0.05) is 28.7 Å². The number of halogens is 4. The molecule has 2 aromatic rings. The molecule has 27 heavy (non-hydrogen) atoms. The van der Waals surface area contributed by atoms with E-state index in [-0.39, 0.29) is 36.5 Å². The fraction of sp³-hybridized carbons (Fsp3) is 0.312. The standard InChI is InChI=1S/C16H16ClF3N4O3/c1-9(17)8-26-23-10(2)7-21-14(25)12-5-3-11(4-6-12)13-22-15(27-24-13)16(18,19)20/h3-6,10,23H,1,7-8H2,2H3,(H,21,25). The fourth-order valence-corrected chi connectivity index (χ4v) is 1.93. The van der Waals surface area contributed by atoms with Crippen LogP contribution in [0.4, 0.5) is 13.2 Å². The number of amides is 1. The molecule has 0 aliphatic heterocycles. The van der Waals surface area contributed by atoms with E-state index in [1.54, 1.807) is 6.92 Å². The maximum absolute atomic E-state index is 12.5. The number of aromatic nitrogens is 2. The molecule has 1 heterocycles. The number of rotatable bonds is 8. The Kier molecular flexibility index (Phi) is 6.94. The Hall–Kier alpha value is -2.43. The van der Waals surface area contributed by atoms with Gasteiger partial charge in [-0.05, 0) is 19.1 Å². The van der Waals surface area contributed by atoms with Crippen molar-refractivity contribution in [1.29, 1.82) is 0 Å². The van der Waals surface area contributed by atoms with Crippen molar-refractivity contribution in [3.05, 3.63) is 47.3 Å². The predicted octanol–water partition coefficient (Wildman–Crippen LogP) is 3.15. The zero-order valence-corrected chi connectivity index (χ0v) is 14.9. The Morgan fingerprint density at radius 1 is 1.37 bits per heavy atom. The van der Waals surface area contributed by atoms with Gasteiger partial charge < -0.3 is 9.84 Å². The lowest BCUT2D eigenvalue weighted by molar-refractivity contribution is -0.159. The number of nitrogens with zero attached hydrogens (tertiary/aromatic N) is 2. The quantitative estimate of drug-likeness (QED) is 0.657. The van der Waals surface area contributed by atoms with Crippen molar-refractivity contribution in [2.24, 2.45) is 0 Å². The molecule has 11 heteroatoms. The van der Waals surface area contributed by atoms with Gasteiger partial charge in [-0.2, -0.15) is 23.6 Å². The number of hydroxylamine groups is 1. The Bertz CT molecular complexity index is 793. The number of hydrogen-bond donors (Lipinski definition) is 2. The van der Waals surface area contributed by atoms with Crippen molar-refractivity contribution in [2.75, 3.05) is 13.2 Å². The minimum atomic E-state index is -4.71. The van der Waals surface area contributed by atoms with Gasteiger partial charge in [0.1, 0.15) is 6.61 Å². The van der Waals surface area contributed by atoms with Crippen LogP contribution in [0.25, 0.3) is 11.4 Å². The molecule has 1 unspecified atom stereocenters. The largest absolute Gasteiger partial charge is 0.471 e. The van der Waals surface area contributed by atoms with Crippen LogP contribution in [0, 0.1) is 0 Å². The third-order valence-corrected chi connectivity index (χ3v) is 3.27. The normalized spacial score (nSPS) is 12.6. The molecule has 2 N–H and O–H groups in total. The molecule has 0 aliphatic carbocycles. The van der Waals surface area contributed by atoms with Gasteiger partial charge in [0.15, 0.2) is 0 Å². The first-order valence-corrected chi connectivity index (χ1v) is 8.04. The Morgan fingerprint density at radius 3 is 2.59 bits per heavy atom. The summed E-state index contributed by atoms with van der Waals surface area (Å²) in [6.07, 6.45) is -4.71. The van der Waals surface area contributed by atoms with E-state index in [2.05, 4.69) is 32.0 Å². The molecule has 0 radical (unpaired) electrons. The first kappa shape index (κ1) is 20.9. The predicted molar refractivity (Wildman–Crippen MR) is 90.6 cm³/mol. The second-order valence-corrected chi connectivity index (χ2v) is 6.07. The van der Waals surface area contributed by atoms with E-state index in [4.69, 9.17) is 16.4 Å². The highest BCUT2D eigenvalue weighted by molar-refractivity contribution is 6.29. The molecule has 1 amide bonds. The molecule has 1 aromatic heterocycles. The molecule has 0 aliphatic rings. The zero-order chi connectivity index (χ0) is 20.0. The van der Waals surface area contributed by atoms with Crippen molar-refractivity contribution in [3.8, 4) is 11.4 Å². The van der Waals surface area contributed by atoms with Crippen LogP contribution < -0.4 is 10.8 Å². The minimum absolute atomic E-state index is 0.132. The molecule has 1 atom stereocenters. The lowest BCUT2D eigenvalue weighted by Crippen LogP contribution is -2.39. The lowest BCUT2D eigenvalue weighted by atomic mass is 10.1. The smallest absolute Gasteiger partial charge is 0.350 e. The van der Waals surface area contributed by atoms with E-state index in [1.807, 2.05) is 0 Å². The van der Waals surface area contributed by atoms with Gasteiger partial charge in [-0.3, -0.25) is 9.63 Å². The maximum atomic E-state index is 12.5. The third-order valence-electron chi connectivity index (χ3n) is 3.16. The monoisotopic (exact) mass is 404 g/mol. The van der Waals surface area contributed by atoms with Crippen LogP contribution >= 0.6 is 11.6 Å². The highest BCUT2D eigenvalue weighted by Gasteiger charge is 2.38. The molecule has 146 valence electrons. The summed E-state index contributed by atoms with van der Waals surface area (Å²) < 4.78 is 41.6. The molecular formula is C16H16ClF3N4O3. The number of nitrogens with one attached hydrogen (secondary N) is 2. The average Bonchev–Trinajstić information content (AvgIpc) is 3.10. The first-order valence-electron chi connectivity index (χ1n) is 7.67. The SMILES string of the molecule is C=C(Cl)CONC(C)CNC(=O)c1ccc(-c2noc(C(F)(F)F)n2)cc1. The van der Waals surface area contributed by atoms with E-state index in [9.17, 15) is 18.0 Å². The third kappa shape index (κ3) is 6.35. The molecule has 0 saturated heterocycles. The highest BCUT2D eigenvalue weighted by Crippen LogP contribution is 2.29. The van der Waals surface area contributed by atoms with Gasteiger partial charge in [0.2, 0.25) is 5.82 Å². The molecule has 1 aromatic carbocycles. The van der Waals surface area contributed by atoms with Crippen molar-refractivity contribution in [1.82, 2.24) is 20.9 Å². The van der Waals surface area contributed by atoms with Gasteiger partial charge in [-0.15, -0.1) is 0 Å². The summed E-state index contributed by atoms with van der Waals surface area (Å²) in [5.74, 6) is -2.01. The summed E-state index contributed by atoms with van der Waals surface area (Å²) in [6, 6.07) is 5.55. The molecule has 2 rings (SSSR count). The number of alkyl halides is 3. The van der Waals surface area contributed by atoms with Crippen molar-refractivity contribution < 1.29 is 27.3 Å². The number of benzene rings is 1. The number of carbonyl (C=O) groups is 1. The van der Waals surface area contributed by atoms with Crippen LogP contribution in [-0.2, 0) is 11.0 Å². The second kappa shape index (κ2) is 8.98. The minimum Gasteiger partial charge on any atom is -0.350 e. The van der Waals surface area contributed by atoms with Gasteiger partial charge in [0.05, 0.1) is 0 Å². The highest BCUT2D eigenvalue weighted by atomic mass is 35.5. The topological polar surface area (TPSA) is 89.3 Å². The Balaban J connectivity index is 1.90. The van der Waals surface area contributed by atoms with E-state index in [0.717, 1.165) is 0 Å². The van der Waals surface area contributed by atoms with Gasteiger partial charge in [-0.1, -0.05) is 35.5 Å². The van der Waals surface area contributed by atoms with Crippen LogP contribution in [0.5, 0.6) is 0 Å². The molecule has 7 nitrogen and oxygen atoms in total. The van der Waals surface area contributed by atoms with Crippen LogP contribution in [-0.4, -0.2) is 35.2 Å². The molecular weight excluding hydrogens is 389 g/mol. The summed E-state index contributed by atoms with van der Waals surface area (Å²) in [6.45, 7) is 5.66. The summed E-state index contributed by atoms with van der Waals surface area (Å²) in [5, 5.41) is 6.30. The summed E-state index contributed by atoms with van der Waals surface area (Å²) in [4.78, 5) is 20.4. The molecule has 0 fully saturated rings. The molecule has 0 spiro atoms. The van der Waals surface area contributed by atoms with E-state index in [1.165, 1.54) is 24.3 Å². The van der Waals surface area contributed by atoms with E-state index < -0.39 is 12.1 Å². The van der Waals surface area contributed by atoms with Crippen LogP contribution in [0.3, 0.4) is 0 Å². The Morgan fingerprint density at radius 2 is 2.04 bits per heavy atom. The molecule has 0 bridgehead atoms. The van der Waals surface area contributed by atoms with Crippen LogP contribution in [0.2, 0.25) is 0 Å². The van der Waals surface area contributed by atoms with Crippen LogP contribution in [0.15, 0.2) is 40.4 Å². The van der Waals surface area contributed by atoms with Crippen molar-refractivity contribution in [2.45, 2.75) is 19.1 Å². The summed E-state index contributed by atoms with van der Waals surface area (Å²) >= 11 is 5.55. The molecule has 0 saturated carbocycles. The summed E-state index contributed by atoms with van der Waals surface area (Å²) in [5.41, 5.74) is 3.29. The van der Waals surface area contributed by atoms with Gasteiger partial charge in [0.25, 0.3) is 5.91 Å². The van der Waals surface area contributed by atoms with Crippen molar-refractivity contribution in [3.63, 3.8) is 0 Å².